The minimum absolute atomic E-state index is 0.238. The topological polar surface area (TPSA) is 25.2 Å². The van der Waals surface area contributed by atoms with Crippen LogP contribution in [0.3, 0.4) is 0 Å². The van der Waals surface area contributed by atoms with Crippen molar-refractivity contribution < 1.29 is 13.6 Å². The number of nitrogens with zero attached hydrogens (tertiary/aromatic N) is 2. The molecule has 0 aliphatic carbocycles. The average molecular weight is 416 g/mol. The van der Waals surface area contributed by atoms with Crippen molar-refractivity contribution in [2.45, 2.75) is 19.6 Å². The van der Waals surface area contributed by atoms with Crippen LogP contribution in [0.25, 0.3) is 0 Å². The summed E-state index contributed by atoms with van der Waals surface area (Å²) in [6, 6.07) is 25.7. The highest BCUT2D eigenvalue weighted by molar-refractivity contribution is 5.94. The molecule has 31 heavy (non-hydrogen) atoms. The highest BCUT2D eigenvalue weighted by atomic mass is 19.1. The van der Waals surface area contributed by atoms with Gasteiger partial charge in [-0.3, -0.25) is 4.79 Å². The Morgan fingerprint density at radius 2 is 1.52 bits per heavy atom. The van der Waals surface area contributed by atoms with E-state index in [1.54, 1.807) is 29.2 Å². The normalized spacial score (nSPS) is 10.8. The van der Waals surface area contributed by atoms with Gasteiger partial charge in [0.1, 0.15) is 11.6 Å². The molecular weight excluding hydrogens is 394 g/mol. The maximum atomic E-state index is 13.7. The van der Waals surface area contributed by atoms with Gasteiger partial charge < -0.3 is 9.47 Å². The molecule has 0 aliphatic rings. The van der Waals surface area contributed by atoms with Crippen LogP contribution < -0.4 is 0 Å². The van der Waals surface area contributed by atoms with Gasteiger partial charge in [0.2, 0.25) is 0 Å². The quantitative estimate of drug-likeness (QED) is 0.382. The Bertz CT molecular complexity index is 1150. The van der Waals surface area contributed by atoms with Gasteiger partial charge >= 0.3 is 0 Å². The SMILES string of the molecule is O=C(c1cccc(F)c1)N(Cc1ccccc1)Cc1cccn1Cc1ccc(F)cc1. The second-order valence-electron chi connectivity index (χ2n) is 7.41. The fourth-order valence-electron chi connectivity index (χ4n) is 3.54. The Kier molecular flexibility index (Phi) is 6.22. The predicted octanol–water partition coefficient (Wildman–Crippen LogP) is 5.66. The minimum atomic E-state index is -0.440. The maximum absolute atomic E-state index is 13.7. The number of hydrogen-bond acceptors (Lipinski definition) is 1. The standard InChI is InChI=1S/C26H22F2N2O/c27-23-13-11-21(12-14-23)17-29-15-5-10-25(29)19-30(18-20-6-2-1-3-7-20)26(31)22-8-4-9-24(28)16-22/h1-16H,17-19H2. The molecule has 4 rings (SSSR count). The highest BCUT2D eigenvalue weighted by Crippen LogP contribution is 2.17. The first-order valence-corrected chi connectivity index (χ1v) is 10.1. The van der Waals surface area contributed by atoms with Gasteiger partial charge in [-0.25, -0.2) is 8.78 Å². The van der Waals surface area contributed by atoms with Gasteiger partial charge in [0.15, 0.2) is 0 Å². The van der Waals surface area contributed by atoms with E-state index in [-0.39, 0.29) is 11.7 Å². The van der Waals surface area contributed by atoms with Crippen molar-refractivity contribution in [1.82, 2.24) is 9.47 Å². The lowest BCUT2D eigenvalue weighted by atomic mass is 10.1. The van der Waals surface area contributed by atoms with Crippen LogP contribution in [-0.2, 0) is 19.6 Å². The smallest absolute Gasteiger partial charge is 0.254 e. The van der Waals surface area contributed by atoms with Crippen molar-refractivity contribution >= 4 is 5.91 Å². The number of benzene rings is 3. The molecule has 0 radical (unpaired) electrons. The second kappa shape index (κ2) is 9.39. The summed E-state index contributed by atoms with van der Waals surface area (Å²) < 4.78 is 29.0. The third-order valence-corrected chi connectivity index (χ3v) is 5.12. The maximum Gasteiger partial charge on any atom is 0.254 e. The summed E-state index contributed by atoms with van der Waals surface area (Å²) in [4.78, 5) is 15.0. The number of carbonyl (C=O) groups is 1. The summed E-state index contributed by atoms with van der Waals surface area (Å²) >= 11 is 0. The first-order chi connectivity index (χ1) is 15.1. The van der Waals surface area contributed by atoms with Gasteiger partial charge in [-0.2, -0.15) is 0 Å². The molecule has 5 heteroatoms. The molecule has 0 saturated heterocycles. The van der Waals surface area contributed by atoms with Gasteiger partial charge in [-0.1, -0.05) is 48.5 Å². The van der Waals surface area contributed by atoms with Crippen molar-refractivity contribution in [2.24, 2.45) is 0 Å². The molecule has 0 aliphatic heterocycles. The van der Waals surface area contributed by atoms with Crippen LogP contribution in [0.5, 0.6) is 0 Å². The van der Waals surface area contributed by atoms with Crippen LogP contribution in [-0.4, -0.2) is 15.4 Å². The first kappa shape index (κ1) is 20.5. The van der Waals surface area contributed by atoms with E-state index in [1.807, 2.05) is 53.2 Å². The lowest BCUT2D eigenvalue weighted by molar-refractivity contribution is 0.0725. The molecule has 0 fully saturated rings. The van der Waals surface area contributed by atoms with Gasteiger partial charge in [-0.15, -0.1) is 0 Å². The van der Waals surface area contributed by atoms with E-state index in [2.05, 4.69) is 0 Å². The molecule has 0 atom stereocenters. The molecule has 156 valence electrons. The molecule has 1 heterocycles. The lowest BCUT2D eigenvalue weighted by Gasteiger charge is -2.24. The van der Waals surface area contributed by atoms with Gasteiger partial charge in [-0.05, 0) is 53.6 Å². The summed E-state index contributed by atoms with van der Waals surface area (Å²) in [5.74, 6) is -0.950. The van der Waals surface area contributed by atoms with E-state index in [1.165, 1.54) is 24.3 Å². The number of carbonyl (C=O) groups excluding carboxylic acids is 1. The number of amides is 1. The van der Waals surface area contributed by atoms with Crippen molar-refractivity contribution in [2.75, 3.05) is 0 Å². The van der Waals surface area contributed by atoms with E-state index in [9.17, 15) is 13.6 Å². The minimum Gasteiger partial charge on any atom is -0.345 e. The van der Waals surface area contributed by atoms with Gasteiger partial charge in [0.05, 0.1) is 6.54 Å². The molecule has 0 N–H and O–H groups in total. The summed E-state index contributed by atoms with van der Waals surface area (Å²) in [7, 11) is 0. The fourth-order valence-corrected chi connectivity index (χ4v) is 3.54. The van der Waals surface area contributed by atoms with Crippen molar-refractivity contribution in [3.63, 3.8) is 0 Å². The van der Waals surface area contributed by atoms with Crippen molar-refractivity contribution in [1.29, 1.82) is 0 Å². The number of hydrogen-bond donors (Lipinski definition) is 0. The Labute approximate surface area is 180 Å². The molecule has 0 saturated carbocycles. The zero-order valence-electron chi connectivity index (χ0n) is 16.9. The van der Waals surface area contributed by atoms with Crippen molar-refractivity contribution in [3.05, 3.63) is 131 Å². The van der Waals surface area contributed by atoms with Crippen LogP contribution in [0, 0.1) is 11.6 Å². The summed E-state index contributed by atoms with van der Waals surface area (Å²) in [5.41, 5.74) is 3.20. The zero-order chi connectivity index (χ0) is 21.6. The second-order valence-corrected chi connectivity index (χ2v) is 7.41. The molecular formula is C26H22F2N2O. The van der Waals surface area contributed by atoms with E-state index >= 15 is 0 Å². The predicted molar refractivity (Wildman–Crippen MR) is 116 cm³/mol. The first-order valence-electron chi connectivity index (χ1n) is 10.1. The highest BCUT2D eigenvalue weighted by Gasteiger charge is 2.19. The molecule has 0 bridgehead atoms. The Hall–Kier alpha value is -3.73. The largest absolute Gasteiger partial charge is 0.345 e. The van der Waals surface area contributed by atoms with Crippen LogP contribution >= 0.6 is 0 Å². The summed E-state index contributed by atoms with van der Waals surface area (Å²) in [6.45, 7) is 1.33. The summed E-state index contributed by atoms with van der Waals surface area (Å²) in [5, 5.41) is 0. The van der Waals surface area contributed by atoms with Crippen LogP contribution in [0.15, 0.2) is 97.2 Å². The van der Waals surface area contributed by atoms with E-state index in [4.69, 9.17) is 0 Å². The average Bonchev–Trinajstić information content (AvgIpc) is 3.21. The van der Waals surface area contributed by atoms with E-state index in [0.717, 1.165) is 16.8 Å². The van der Waals surface area contributed by atoms with Crippen LogP contribution in [0.2, 0.25) is 0 Å². The van der Waals surface area contributed by atoms with E-state index < -0.39 is 5.82 Å². The number of rotatable bonds is 7. The molecule has 3 nitrogen and oxygen atoms in total. The lowest BCUT2D eigenvalue weighted by Crippen LogP contribution is -2.31. The fraction of sp³-hybridized carbons (Fsp3) is 0.115. The molecule has 3 aromatic carbocycles. The Morgan fingerprint density at radius 1 is 0.742 bits per heavy atom. The number of aromatic nitrogens is 1. The molecule has 0 unspecified atom stereocenters. The van der Waals surface area contributed by atoms with Gasteiger partial charge in [0.25, 0.3) is 5.91 Å². The zero-order valence-corrected chi connectivity index (χ0v) is 16.9. The van der Waals surface area contributed by atoms with Crippen molar-refractivity contribution in [3.8, 4) is 0 Å². The molecule has 4 aromatic rings. The van der Waals surface area contributed by atoms with Crippen LogP contribution in [0.1, 0.15) is 27.2 Å². The molecule has 1 aromatic heterocycles. The third kappa shape index (κ3) is 5.25. The van der Waals surface area contributed by atoms with Crippen LogP contribution in [0.4, 0.5) is 8.78 Å². The Balaban J connectivity index is 1.60. The molecule has 1 amide bonds. The van der Waals surface area contributed by atoms with E-state index in [0.29, 0.717) is 25.2 Å². The summed E-state index contributed by atoms with van der Waals surface area (Å²) in [6.07, 6.45) is 1.94. The monoisotopic (exact) mass is 416 g/mol. The van der Waals surface area contributed by atoms with Gasteiger partial charge in [0, 0.05) is 30.5 Å². The molecule has 0 spiro atoms. The Morgan fingerprint density at radius 3 is 2.26 bits per heavy atom. The third-order valence-electron chi connectivity index (χ3n) is 5.12. The number of halogens is 2.